The molecule has 0 aliphatic rings. The fourth-order valence-corrected chi connectivity index (χ4v) is 2.30. The molecule has 21 heavy (non-hydrogen) atoms. The molecule has 0 saturated carbocycles. The summed E-state index contributed by atoms with van der Waals surface area (Å²) in [6, 6.07) is 16.2. The first-order chi connectivity index (χ1) is 10.2. The topological polar surface area (TPSA) is 26.3 Å². The lowest BCUT2D eigenvalue weighted by molar-refractivity contribution is 0.101. The maximum atomic E-state index is 11.6. The minimum atomic E-state index is 0.0503. The van der Waals surface area contributed by atoms with Gasteiger partial charge in [0.25, 0.3) is 0 Å². The number of aryl methyl sites for hydroxylation is 2. The number of ether oxygens (including phenoxy) is 1. The number of carbonyl (C=O) groups is 1. The Morgan fingerprint density at radius 3 is 2.52 bits per heavy atom. The van der Waals surface area contributed by atoms with Crippen LogP contribution in [0.5, 0.6) is 5.75 Å². The Morgan fingerprint density at radius 1 is 1.05 bits per heavy atom. The number of hydrogen-bond acceptors (Lipinski definition) is 2. The molecule has 0 N–H and O–H groups in total. The number of ketones is 1. The molecule has 0 spiro atoms. The lowest BCUT2D eigenvalue weighted by Crippen LogP contribution is -2.03. The second-order valence-corrected chi connectivity index (χ2v) is 5.35. The summed E-state index contributed by atoms with van der Waals surface area (Å²) in [5.74, 6) is 0.761. The van der Waals surface area contributed by atoms with Gasteiger partial charge in [-0.1, -0.05) is 36.4 Å². The molecule has 0 bridgehead atoms. The predicted octanol–water partition coefficient (Wildman–Crippen LogP) is 4.60. The Hall–Kier alpha value is -2.09. The van der Waals surface area contributed by atoms with E-state index in [1.54, 1.807) is 6.92 Å². The Bertz CT molecular complexity index is 588. The van der Waals surface area contributed by atoms with Gasteiger partial charge in [-0.2, -0.15) is 0 Å². The molecular formula is C19H22O2. The van der Waals surface area contributed by atoms with Crippen molar-refractivity contribution in [3.05, 3.63) is 65.2 Å². The van der Waals surface area contributed by atoms with Crippen LogP contribution in [0.15, 0.2) is 48.5 Å². The highest BCUT2D eigenvalue weighted by Gasteiger charge is 2.08. The van der Waals surface area contributed by atoms with Gasteiger partial charge < -0.3 is 4.74 Å². The summed E-state index contributed by atoms with van der Waals surface area (Å²) in [7, 11) is 0. The zero-order valence-electron chi connectivity index (χ0n) is 12.8. The van der Waals surface area contributed by atoms with Crippen LogP contribution in [0.3, 0.4) is 0 Å². The summed E-state index contributed by atoms with van der Waals surface area (Å²) >= 11 is 0. The third-order valence-electron chi connectivity index (χ3n) is 3.48. The summed E-state index contributed by atoms with van der Waals surface area (Å²) in [4.78, 5) is 11.6. The van der Waals surface area contributed by atoms with Gasteiger partial charge in [-0.3, -0.25) is 4.79 Å². The average Bonchev–Trinajstić information content (AvgIpc) is 2.48. The molecular weight excluding hydrogens is 260 g/mol. The van der Waals surface area contributed by atoms with Crippen LogP contribution in [0.25, 0.3) is 0 Å². The zero-order chi connectivity index (χ0) is 15.1. The van der Waals surface area contributed by atoms with E-state index in [2.05, 4.69) is 24.3 Å². The van der Waals surface area contributed by atoms with Crippen molar-refractivity contribution in [2.24, 2.45) is 0 Å². The predicted molar refractivity (Wildman–Crippen MR) is 86.1 cm³/mol. The van der Waals surface area contributed by atoms with Gasteiger partial charge >= 0.3 is 0 Å². The lowest BCUT2D eigenvalue weighted by Gasteiger charge is -2.10. The Morgan fingerprint density at radius 2 is 1.81 bits per heavy atom. The summed E-state index contributed by atoms with van der Waals surface area (Å²) in [5.41, 5.74) is 3.14. The average molecular weight is 282 g/mol. The summed E-state index contributed by atoms with van der Waals surface area (Å²) in [5, 5.41) is 0. The van der Waals surface area contributed by atoms with Crippen molar-refractivity contribution in [3.63, 3.8) is 0 Å². The SMILES string of the molecule is CC(=O)c1ccc(C)cc1OCCCCc1ccccc1. The van der Waals surface area contributed by atoms with Crippen LogP contribution >= 0.6 is 0 Å². The van der Waals surface area contributed by atoms with E-state index >= 15 is 0 Å². The highest BCUT2D eigenvalue weighted by molar-refractivity contribution is 5.96. The van der Waals surface area contributed by atoms with E-state index in [0.717, 1.165) is 24.8 Å². The minimum Gasteiger partial charge on any atom is -0.493 e. The minimum absolute atomic E-state index is 0.0503. The third kappa shape index (κ3) is 4.75. The molecule has 0 unspecified atom stereocenters. The molecule has 2 aromatic carbocycles. The smallest absolute Gasteiger partial charge is 0.163 e. The largest absolute Gasteiger partial charge is 0.493 e. The number of rotatable bonds is 7. The normalized spacial score (nSPS) is 10.4. The van der Waals surface area contributed by atoms with Crippen molar-refractivity contribution >= 4 is 5.78 Å². The van der Waals surface area contributed by atoms with E-state index in [1.807, 2.05) is 31.2 Å². The van der Waals surface area contributed by atoms with Gasteiger partial charge in [0.05, 0.1) is 12.2 Å². The van der Waals surface area contributed by atoms with Crippen LogP contribution < -0.4 is 4.74 Å². The molecule has 2 heteroatoms. The van der Waals surface area contributed by atoms with Crippen LogP contribution in [0.4, 0.5) is 0 Å². The first kappa shape index (κ1) is 15.3. The fraction of sp³-hybridized carbons (Fsp3) is 0.316. The molecule has 0 radical (unpaired) electrons. The monoisotopic (exact) mass is 282 g/mol. The molecule has 2 nitrogen and oxygen atoms in total. The number of benzene rings is 2. The van der Waals surface area contributed by atoms with E-state index in [4.69, 9.17) is 4.74 Å². The third-order valence-corrected chi connectivity index (χ3v) is 3.48. The maximum absolute atomic E-state index is 11.6. The molecule has 0 heterocycles. The van der Waals surface area contributed by atoms with Gasteiger partial charge in [-0.25, -0.2) is 0 Å². The highest BCUT2D eigenvalue weighted by atomic mass is 16.5. The van der Waals surface area contributed by atoms with E-state index in [9.17, 15) is 4.79 Å². The molecule has 2 rings (SSSR count). The van der Waals surface area contributed by atoms with E-state index in [0.29, 0.717) is 17.9 Å². The Kier molecular flexibility index (Phi) is 5.56. The van der Waals surface area contributed by atoms with Gasteiger partial charge in [-0.15, -0.1) is 0 Å². The van der Waals surface area contributed by atoms with Crippen LogP contribution in [-0.2, 0) is 6.42 Å². The van der Waals surface area contributed by atoms with Crippen LogP contribution in [0.1, 0.15) is 41.3 Å². The molecule has 0 atom stereocenters. The van der Waals surface area contributed by atoms with Crippen molar-refractivity contribution in [3.8, 4) is 5.75 Å². The van der Waals surface area contributed by atoms with Gasteiger partial charge in [0.1, 0.15) is 5.75 Å². The molecule has 2 aromatic rings. The van der Waals surface area contributed by atoms with Crippen LogP contribution in [0, 0.1) is 6.92 Å². The molecule has 110 valence electrons. The second kappa shape index (κ2) is 7.63. The maximum Gasteiger partial charge on any atom is 0.163 e. The van der Waals surface area contributed by atoms with Crippen molar-refractivity contribution in [1.82, 2.24) is 0 Å². The summed E-state index contributed by atoms with van der Waals surface area (Å²) in [6.07, 6.45) is 3.14. The number of Topliss-reactive ketones (excluding diaryl/α,β-unsaturated/α-hetero) is 1. The molecule has 0 aliphatic carbocycles. The standard InChI is InChI=1S/C19H22O2/c1-15-11-12-18(16(2)20)19(14-15)21-13-7-6-10-17-8-4-3-5-9-17/h3-5,8-9,11-12,14H,6-7,10,13H2,1-2H3. The zero-order valence-corrected chi connectivity index (χ0v) is 12.8. The first-order valence-electron chi connectivity index (χ1n) is 7.45. The van der Waals surface area contributed by atoms with E-state index in [-0.39, 0.29) is 5.78 Å². The van der Waals surface area contributed by atoms with Gasteiger partial charge in [0.2, 0.25) is 0 Å². The van der Waals surface area contributed by atoms with Gasteiger partial charge in [0, 0.05) is 0 Å². The highest BCUT2D eigenvalue weighted by Crippen LogP contribution is 2.21. The van der Waals surface area contributed by atoms with Gasteiger partial charge in [-0.05, 0) is 56.4 Å². The van der Waals surface area contributed by atoms with Crippen molar-refractivity contribution in [2.45, 2.75) is 33.1 Å². The van der Waals surface area contributed by atoms with Crippen molar-refractivity contribution in [2.75, 3.05) is 6.61 Å². The lowest BCUT2D eigenvalue weighted by atomic mass is 10.1. The van der Waals surface area contributed by atoms with Crippen molar-refractivity contribution < 1.29 is 9.53 Å². The molecule has 0 saturated heterocycles. The molecule has 0 aliphatic heterocycles. The molecule has 0 amide bonds. The number of carbonyl (C=O) groups excluding carboxylic acids is 1. The molecule has 0 fully saturated rings. The summed E-state index contributed by atoms with van der Waals surface area (Å²) < 4.78 is 5.80. The summed E-state index contributed by atoms with van der Waals surface area (Å²) in [6.45, 7) is 4.23. The van der Waals surface area contributed by atoms with E-state index < -0.39 is 0 Å². The Balaban J connectivity index is 1.81. The fourth-order valence-electron chi connectivity index (χ4n) is 2.30. The number of hydrogen-bond donors (Lipinski definition) is 0. The van der Waals surface area contributed by atoms with Gasteiger partial charge in [0.15, 0.2) is 5.78 Å². The number of unbranched alkanes of at least 4 members (excludes halogenated alkanes) is 1. The van der Waals surface area contributed by atoms with Crippen LogP contribution in [0.2, 0.25) is 0 Å². The quantitative estimate of drug-likeness (QED) is 0.548. The van der Waals surface area contributed by atoms with E-state index in [1.165, 1.54) is 5.56 Å². The van der Waals surface area contributed by atoms with Crippen molar-refractivity contribution in [1.29, 1.82) is 0 Å². The van der Waals surface area contributed by atoms with Crippen LogP contribution in [-0.4, -0.2) is 12.4 Å². The molecule has 0 aromatic heterocycles. The first-order valence-corrected chi connectivity index (χ1v) is 7.45. The Labute approximate surface area is 126 Å². The second-order valence-electron chi connectivity index (χ2n) is 5.35.